The number of likely N-dealkylation sites (tertiary alicyclic amines) is 8. The number of aliphatic carboxylic acids is 8. The number of ether oxygens (including phenoxy) is 1. The minimum atomic E-state index is -0.905. The molecule has 0 aromatic heterocycles. The summed E-state index contributed by atoms with van der Waals surface area (Å²) in [6.45, 7) is 25.7. The third-order valence-electron chi connectivity index (χ3n) is 20.3. The van der Waals surface area contributed by atoms with E-state index in [0.717, 1.165) is 96.7 Å². The summed E-state index contributed by atoms with van der Waals surface area (Å²) in [6.07, 6.45) is 16.7. The van der Waals surface area contributed by atoms with Crippen molar-refractivity contribution in [1.82, 2.24) is 44.5 Å². The number of carbonyl (C=O) groups excluding carboxylic acids is 9. The number of carboxylic acids is 8. The van der Waals surface area contributed by atoms with Crippen LogP contribution in [0.25, 0.3) is 0 Å². The summed E-state index contributed by atoms with van der Waals surface area (Å²) in [5.41, 5.74) is -0.499. The van der Waals surface area contributed by atoms with Gasteiger partial charge in [-0.2, -0.15) is 0 Å². The van der Waals surface area contributed by atoms with Gasteiger partial charge < -0.3 is 95.2 Å². The Kier molecular flexibility index (Phi) is 46.2. The Morgan fingerprint density at radius 1 is 0.360 bits per heavy atom. The topological polar surface area (TPSA) is 519 Å². The van der Waals surface area contributed by atoms with E-state index < -0.39 is 107 Å². The van der Waals surface area contributed by atoms with E-state index in [1.807, 2.05) is 48.5 Å². The lowest BCUT2D eigenvalue weighted by Crippen LogP contribution is -2.33. The van der Waals surface area contributed by atoms with Crippen molar-refractivity contribution in [2.75, 3.05) is 111 Å². The molecule has 9 fully saturated rings. The zero-order valence-corrected chi connectivity index (χ0v) is 68.2. The standard InChI is InChI=1S/C15H26N2O5.C11H19NO3.C10H17NO4.C10H17NO3.C9H13NO3.2C8H13NO3.C7H11NO3/c1-15(2,3)22-14(21)16-7-5-4-6-8-17-10-11(13(19)20)9-12(17)18;1-2-3-4-5-6-12-8-9(11(14)15)7-10(12)13;12-5-3-1-2-4-11-7-8(10(14)15)6-9(11)13;1-2-3-4-5-11-7-8(10(13)14)6-9(11)12;11-8-3-7(9(12)13)5-10(8)4-6-1-2-6;1-5(2)9-4-6(8(11)12)3-7(9)10;1-2-3-9-5-6(8(11)12)4-7(9)10;1-2-8-4-5(7(10)11)3-6(8)9/h11H,4-10H2,1-3H3,(H,16,21)(H,19,20);9H,2-8H2,1H3,(H,14,15);8,12H,1-7H2,(H,14,15);8H,2-7H2,1H3,(H,13,14);6-7H,1-5H2,(H,12,13);5-6H,3-4H2,1-2H3,(H,11,12);6H,2-5H2,1H3,(H,11,12);5H,2-4H2,1H3,(H,10,11). The summed E-state index contributed by atoms with van der Waals surface area (Å²) in [4.78, 5) is 200. The Labute approximate surface area is 667 Å². The molecule has 36 nitrogen and oxygen atoms in total. The predicted octanol–water partition coefficient (Wildman–Crippen LogP) is 5.23. The Hall–Kier alpha value is -9.25. The molecule has 8 aliphatic heterocycles. The molecular weight excluding hydrogens is 1490 g/mol. The second kappa shape index (κ2) is 52.3. The number of carbonyl (C=O) groups is 17. The fourth-order valence-corrected chi connectivity index (χ4v) is 13.4. The molecule has 1 saturated carbocycles. The van der Waals surface area contributed by atoms with Gasteiger partial charge in [-0.1, -0.05) is 52.9 Å². The minimum absolute atomic E-state index is 0.00102. The molecule has 0 bridgehead atoms. The van der Waals surface area contributed by atoms with Crippen LogP contribution in [0, 0.1) is 53.3 Å². The second-order valence-corrected chi connectivity index (χ2v) is 31.5. The fraction of sp³-hybridized carbons (Fsp3) is 0.782. The number of carboxylic acid groups (broad SMARTS) is 8. The molecule has 9 aliphatic rings. The molecule has 10 N–H and O–H groups in total. The molecule has 36 heteroatoms. The predicted molar refractivity (Wildman–Crippen MR) is 410 cm³/mol. The lowest BCUT2D eigenvalue weighted by atomic mass is 10.1. The summed E-state index contributed by atoms with van der Waals surface area (Å²) >= 11 is 0. The van der Waals surface area contributed by atoms with Crippen molar-refractivity contribution in [1.29, 1.82) is 0 Å². The highest BCUT2D eigenvalue weighted by molar-refractivity contribution is 5.90. The van der Waals surface area contributed by atoms with E-state index in [4.69, 9.17) is 50.7 Å². The third kappa shape index (κ3) is 38.7. The van der Waals surface area contributed by atoms with Crippen molar-refractivity contribution >= 4 is 101 Å². The normalized spacial score (nSPS) is 22.2. The van der Waals surface area contributed by atoms with E-state index in [1.165, 1.54) is 25.7 Å². The SMILES string of the molecule is CC(C)(C)OC(=O)NCCCCCN1CC(C(=O)O)CC1=O.CC(C)N1CC(C(=O)O)CC1=O.CCCCCCN1CC(C(=O)O)CC1=O.CCCCCN1CC(C(=O)O)CC1=O.CCCN1CC(C(=O)O)CC1=O.CCN1CC(C(=O)O)CC1=O.O=C(O)C1CC(=O)N(CC2CC2)C1.O=C(O)C1CC(=O)N(CCCCCO)C1. The first-order valence-corrected chi connectivity index (χ1v) is 40.3. The lowest BCUT2D eigenvalue weighted by Gasteiger charge is -2.20. The fourth-order valence-electron chi connectivity index (χ4n) is 13.4. The number of nitrogens with one attached hydrogen (secondary N) is 1. The number of hydrogen-bond donors (Lipinski definition) is 10. The van der Waals surface area contributed by atoms with Crippen molar-refractivity contribution in [2.24, 2.45) is 53.3 Å². The average molecular weight is 1620 g/mol. The Bertz CT molecular complexity index is 3150. The van der Waals surface area contributed by atoms with E-state index in [-0.39, 0.29) is 111 Å². The van der Waals surface area contributed by atoms with Crippen molar-refractivity contribution < 1.29 is 132 Å². The van der Waals surface area contributed by atoms with Crippen LogP contribution in [0.2, 0.25) is 0 Å². The third-order valence-corrected chi connectivity index (χ3v) is 20.3. The first-order valence-electron chi connectivity index (χ1n) is 40.3. The molecule has 114 heavy (non-hydrogen) atoms. The van der Waals surface area contributed by atoms with Gasteiger partial charge in [0.05, 0.1) is 47.3 Å². The van der Waals surface area contributed by atoms with Crippen molar-refractivity contribution in [3.05, 3.63) is 0 Å². The van der Waals surface area contributed by atoms with Crippen LogP contribution in [-0.2, 0) is 81.4 Å². The zero-order valence-electron chi connectivity index (χ0n) is 68.2. The molecule has 0 spiro atoms. The van der Waals surface area contributed by atoms with E-state index in [2.05, 4.69) is 19.2 Å². The largest absolute Gasteiger partial charge is 0.481 e. The second-order valence-electron chi connectivity index (χ2n) is 31.5. The van der Waals surface area contributed by atoms with Crippen molar-refractivity contribution in [3.63, 3.8) is 0 Å². The average Bonchev–Trinajstić information content (AvgIpc) is 1.67. The molecule has 0 aromatic rings. The minimum Gasteiger partial charge on any atom is -0.481 e. The van der Waals surface area contributed by atoms with Gasteiger partial charge in [0.2, 0.25) is 47.3 Å². The Balaban J connectivity index is 0.000000446. The van der Waals surface area contributed by atoms with E-state index in [1.54, 1.807) is 39.2 Å². The van der Waals surface area contributed by atoms with Gasteiger partial charge in [0.1, 0.15) is 5.60 Å². The maximum atomic E-state index is 11.6. The Morgan fingerprint density at radius 2 is 0.632 bits per heavy atom. The number of unbranched alkanes of at least 4 members (excludes halogenated alkanes) is 9. The maximum Gasteiger partial charge on any atom is 0.407 e. The molecule has 9 rings (SSSR count). The molecule has 8 unspecified atom stereocenters. The number of nitrogens with zero attached hydrogens (tertiary/aromatic N) is 8. The number of rotatable bonds is 34. The van der Waals surface area contributed by atoms with Gasteiger partial charge in [0.25, 0.3) is 0 Å². The van der Waals surface area contributed by atoms with E-state index in [0.29, 0.717) is 91.0 Å². The van der Waals surface area contributed by atoms with Crippen LogP contribution in [0.5, 0.6) is 0 Å². The number of hydrogen-bond acceptors (Lipinski definition) is 19. The summed E-state index contributed by atoms with van der Waals surface area (Å²) in [5.74, 6) is -10.5. The molecule has 8 saturated heterocycles. The molecule has 648 valence electrons. The van der Waals surface area contributed by atoms with Crippen LogP contribution in [0.15, 0.2) is 0 Å². The zero-order chi connectivity index (χ0) is 86.1. The number of aliphatic hydroxyl groups excluding tert-OH is 1. The van der Waals surface area contributed by atoms with Crippen molar-refractivity contribution in [3.8, 4) is 0 Å². The monoisotopic (exact) mass is 1620 g/mol. The molecule has 0 radical (unpaired) electrons. The van der Waals surface area contributed by atoms with E-state index in [9.17, 15) is 81.5 Å². The van der Waals surface area contributed by atoms with Gasteiger partial charge in [0, 0.05) is 169 Å². The van der Waals surface area contributed by atoms with Crippen LogP contribution >= 0.6 is 0 Å². The first-order chi connectivity index (χ1) is 53.6. The van der Waals surface area contributed by atoms with Gasteiger partial charge in [-0.15, -0.1) is 0 Å². The number of alkyl carbamates (subject to hydrolysis) is 1. The highest BCUT2D eigenvalue weighted by Crippen LogP contribution is 2.32. The van der Waals surface area contributed by atoms with Crippen molar-refractivity contribution in [2.45, 2.75) is 228 Å². The van der Waals surface area contributed by atoms with Gasteiger partial charge in [-0.25, -0.2) is 4.79 Å². The first kappa shape index (κ1) is 101. The maximum absolute atomic E-state index is 11.6. The van der Waals surface area contributed by atoms with Crippen LogP contribution in [0.1, 0.15) is 216 Å². The summed E-state index contributed by atoms with van der Waals surface area (Å²) < 4.78 is 5.12. The Morgan fingerprint density at radius 3 is 0.895 bits per heavy atom. The number of aliphatic hydroxyl groups is 1. The van der Waals surface area contributed by atoms with E-state index >= 15 is 0 Å². The highest BCUT2D eigenvalue weighted by atomic mass is 16.6. The molecular formula is C78H129N9O27. The molecule has 1 aliphatic carbocycles. The highest BCUT2D eigenvalue weighted by Gasteiger charge is 2.41. The quantitative estimate of drug-likeness (QED) is 0.0369. The lowest BCUT2D eigenvalue weighted by molar-refractivity contribution is -0.142. The van der Waals surface area contributed by atoms with Gasteiger partial charge in [-0.3, -0.25) is 76.7 Å². The summed E-state index contributed by atoms with van der Waals surface area (Å²) in [5, 5.41) is 81.0. The van der Waals surface area contributed by atoms with Gasteiger partial charge >= 0.3 is 53.8 Å². The molecule has 9 amide bonds. The molecule has 8 atom stereocenters. The molecule has 8 heterocycles. The smallest absolute Gasteiger partial charge is 0.407 e. The van der Waals surface area contributed by atoms with Gasteiger partial charge in [0.15, 0.2) is 0 Å². The summed E-state index contributed by atoms with van der Waals surface area (Å²) in [7, 11) is 0. The van der Waals surface area contributed by atoms with Crippen LogP contribution in [-0.4, -0.2) is 309 Å². The van der Waals surface area contributed by atoms with Crippen LogP contribution < -0.4 is 5.32 Å². The summed E-state index contributed by atoms with van der Waals surface area (Å²) in [6, 6.07) is 0.113. The van der Waals surface area contributed by atoms with Crippen LogP contribution in [0.4, 0.5) is 4.79 Å². The van der Waals surface area contributed by atoms with Gasteiger partial charge in [-0.05, 0) is 118 Å². The molecule has 0 aromatic carbocycles. The van der Waals surface area contributed by atoms with Crippen LogP contribution in [0.3, 0.4) is 0 Å². The number of amides is 9.